The normalized spacial score (nSPS) is 18.0. The van der Waals surface area contributed by atoms with Gasteiger partial charge in [0.05, 0.1) is 23.4 Å². The molecule has 0 saturated carbocycles. The van der Waals surface area contributed by atoms with Crippen LogP contribution >= 0.6 is 11.3 Å². The van der Waals surface area contributed by atoms with Gasteiger partial charge in [0.1, 0.15) is 0 Å². The summed E-state index contributed by atoms with van der Waals surface area (Å²) in [6.45, 7) is 6.03. The molecule has 0 spiro atoms. The summed E-state index contributed by atoms with van der Waals surface area (Å²) < 4.78 is 10.9. The van der Waals surface area contributed by atoms with Crippen molar-refractivity contribution in [2.45, 2.75) is 32.7 Å². The number of thiophene rings is 1. The lowest BCUT2D eigenvalue weighted by Crippen LogP contribution is -2.38. The van der Waals surface area contributed by atoms with Crippen molar-refractivity contribution < 1.29 is 13.9 Å². The monoisotopic (exact) mass is 335 g/mol. The molecule has 124 valence electrons. The van der Waals surface area contributed by atoms with Gasteiger partial charge in [-0.25, -0.2) is 0 Å². The van der Waals surface area contributed by atoms with Crippen LogP contribution in [0.4, 0.5) is 0 Å². The molecule has 1 aliphatic rings. The molecule has 23 heavy (non-hydrogen) atoms. The Hall–Kier alpha value is -1.73. The molecule has 1 unspecified atom stereocenters. The van der Waals surface area contributed by atoms with Gasteiger partial charge in [0.2, 0.25) is 5.89 Å². The third-order valence-electron chi connectivity index (χ3n) is 4.23. The zero-order valence-corrected chi connectivity index (χ0v) is 14.2. The van der Waals surface area contributed by atoms with Gasteiger partial charge >= 0.3 is 5.97 Å². The summed E-state index contributed by atoms with van der Waals surface area (Å²) in [6.07, 6.45) is 1.63. The predicted octanol–water partition coefficient (Wildman–Crippen LogP) is 3.13. The highest BCUT2D eigenvalue weighted by molar-refractivity contribution is 7.13. The fraction of sp³-hybridized carbons (Fsp3) is 0.562. The molecule has 2 aromatic heterocycles. The van der Waals surface area contributed by atoms with E-state index in [0.717, 1.165) is 30.8 Å². The van der Waals surface area contributed by atoms with Crippen LogP contribution in [0, 0.1) is 5.92 Å². The number of piperidine rings is 1. The van der Waals surface area contributed by atoms with Gasteiger partial charge in [0, 0.05) is 0 Å². The molecule has 6 nitrogen and oxygen atoms in total. The van der Waals surface area contributed by atoms with E-state index >= 15 is 0 Å². The van der Waals surface area contributed by atoms with Crippen molar-refractivity contribution in [3.8, 4) is 10.8 Å². The van der Waals surface area contributed by atoms with Crippen LogP contribution in [0.25, 0.3) is 10.8 Å². The molecule has 1 saturated heterocycles. The van der Waals surface area contributed by atoms with E-state index in [2.05, 4.69) is 22.0 Å². The number of nitrogens with zero attached hydrogens (tertiary/aromatic N) is 3. The number of hydrogen-bond acceptors (Lipinski definition) is 7. The number of ether oxygens (including phenoxy) is 1. The summed E-state index contributed by atoms with van der Waals surface area (Å²) in [6, 6.07) is 3.99. The van der Waals surface area contributed by atoms with Crippen LogP contribution in [0.5, 0.6) is 0 Å². The minimum Gasteiger partial charge on any atom is -0.466 e. The SMILES string of the molecule is CCOC(=O)C1CCN(C(C)c2nnc(-c3cccs3)o2)CC1. The van der Waals surface area contributed by atoms with Crippen molar-refractivity contribution in [2.24, 2.45) is 5.92 Å². The zero-order chi connectivity index (χ0) is 16.2. The molecule has 1 fully saturated rings. The highest BCUT2D eigenvalue weighted by atomic mass is 32.1. The number of aromatic nitrogens is 2. The minimum absolute atomic E-state index is 0.0164. The lowest BCUT2D eigenvalue weighted by Gasteiger charge is -2.33. The molecule has 1 atom stereocenters. The predicted molar refractivity (Wildman–Crippen MR) is 87.0 cm³/mol. The fourth-order valence-corrected chi connectivity index (χ4v) is 3.49. The zero-order valence-electron chi connectivity index (χ0n) is 13.4. The second-order valence-electron chi connectivity index (χ2n) is 5.66. The number of carbonyl (C=O) groups is 1. The minimum atomic E-state index is -0.0717. The molecule has 2 aromatic rings. The van der Waals surface area contributed by atoms with Gasteiger partial charge in [-0.1, -0.05) is 6.07 Å². The van der Waals surface area contributed by atoms with Gasteiger partial charge in [-0.05, 0) is 51.2 Å². The second-order valence-corrected chi connectivity index (χ2v) is 6.61. The quantitative estimate of drug-likeness (QED) is 0.782. The lowest BCUT2D eigenvalue weighted by molar-refractivity contribution is -0.149. The third-order valence-corrected chi connectivity index (χ3v) is 5.09. The van der Waals surface area contributed by atoms with Gasteiger partial charge in [0.25, 0.3) is 5.89 Å². The summed E-state index contributed by atoms with van der Waals surface area (Å²) in [7, 11) is 0. The highest BCUT2D eigenvalue weighted by Crippen LogP contribution is 2.29. The van der Waals surface area contributed by atoms with Crippen LogP contribution < -0.4 is 0 Å². The number of carbonyl (C=O) groups excluding carboxylic acids is 1. The van der Waals surface area contributed by atoms with Crippen LogP contribution in [0.3, 0.4) is 0 Å². The molecule has 0 N–H and O–H groups in total. The lowest BCUT2D eigenvalue weighted by atomic mass is 9.96. The third kappa shape index (κ3) is 3.61. The van der Waals surface area contributed by atoms with Gasteiger partial charge < -0.3 is 9.15 Å². The average molecular weight is 335 g/mol. The summed E-state index contributed by atoms with van der Waals surface area (Å²) in [5.74, 6) is 1.14. The molecule has 3 heterocycles. The molecule has 7 heteroatoms. The number of hydrogen-bond donors (Lipinski definition) is 0. The van der Waals surface area contributed by atoms with E-state index in [4.69, 9.17) is 9.15 Å². The van der Waals surface area contributed by atoms with Gasteiger partial charge in [0.15, 0.2) is 0 Å². The van der Waals surface area contributed by atoms with Crippen molar-refractivity contribution in [3.05, 3.63) is 23.4 Å². The van der Waals surface area contributed by atoms with Crippen LogP contribution in [-0.2, 0) is 9.53 Å². The first-order valence-corrected chi connectivity index (χ1v) is 8.85. The molecule has 1 aliphatic heterocycles. The fourth-order valence-electron chi connectivity index (χ4n) is 2.84. The van der Waals surface area contributed by atoms with Gasteiger partial charge in [-0.2, -0.15) is 0 Å². The van der Waals surface area contributed by atoms with E-state index < -0.39 is 0 Å². The van der Waals surface area contributed by atoms with E-state index in [9.17, 15) is 4.79 Å². The van der Waals surface area contributed by atoms with Crippen LogP contribution in [0.15, 0.2) is 21.9 Å². The van der Waals surface area contributed by atoms with Crippen molar-refractivity contribution in [1.29, 1.82) is 0 Å². The number of esters is 1. The Labute approximate surface area is 139 Å². The molecule has 0 aliphatic carbocycles. The molecular formula is C16H21N3O3S. The molecule has 0 bridgehead atoms. The molecule has 0 radical (unpaired) electrons. The molecule has 0 aromatic carbocycles. The van der Waals surface area contributed by atoms with E-state index in [1.54, 1.807) is 11.3 Å². The van der Waals surface area contributed by atoms with Crippen LogP contribution in [-0.4, -0.2) is 40.8 Å². The average Bonchev–Trinajstić information content (AvgIpc) is 3.25. The maximum absolute atomic E-state index is 11.8. The van der Waals surface area contributed by atoms with Gasteiger partial charge in [-0.15, -0.1) is 21.5 Å². The second kappa shape index (κ2) is 7.23. The Balaban J connectivity index is 1.59. The summed E-state index contributed by atoms with van der Waals surface area (Å²) in [4.78, 5) is 15.1. The van der Waals surface area contributed by atoms with Crippen molar-refractivity contribution in [2.75, 3.05) is 19.7 Å². The van der Waals surface area contributed by atoms with Crippen molar-refractivity contribution >= 4 is 17.3 Å². The number of likely N-dealkylation sites (tertiary alicyclic amines) is 1. The smallest absolute Gasteiger partial charge is 0.309 e. The van der Waals surface area contributed by atoms with E-state index in [0.29, 0.717) is 18.4 Å². The largest absolute Gasteiger partial charge is 0.466 e. The van der Waals surface area contributed by atoms with E-state index in [1.165, 1.54) is 0 Å². The Bertz CT molecular complexity index is 633. The maximum atomic E-state index is 11.8. The van der Waals surface area contributed by atoms with Crippen LogP contribution in [0.1, 0.15) is 38.6 Å². The molecular weight excluding hydrogens is 314 g/mol. The van der Waals surface area contributed by atoms with E-state index in [-0.39, 0.29) is 17.9 Å². The first-order valence-electron chi connectivity index (χ1n) is 7.97. The number of rotatable bonds is 5. The molecule has 0 amide bonds. The Kier molecular flexibility index (Phi) is 5.07. The Morgan fingerprint density at radius 2 is 2.26 bits per heavy atom. The van der Waals surface area contributed by atoms with Crippen molar-refractivity contribution in [1.82, 2.24) is 15.1 Å². The maximum Gasteiger partial charge on any atom is 0.309 e. The first-order chi connectivity index (χ1) is 11.2. The first kappa shape index (κ1) is 16.1. The Morgan fingerprint density at radius 3 is 2.91 bits per heavy atom. The summed E-state index contributed by atoms with van der Waals surface area (Å²) >= 11 is 1.58. The van der Waals surface area contributed by atoms with Crippen LogP contribution in [0.2, 0.25) is 0 Å². The summed E-state index contributed by atoms with van der Waals surface area (Å²) in [5, 5.41) is 10.3. The van der Waals surface area contributed by atoms with E-state index in [1.807, 2.05) is 24.4 Å². The van der Waals surface area contributed by atoms with Crippen molar-refractivity contribution in [3.63, 3.8) is 0 Å². The molecule has 3 rings (SSSR count). The topological polar surface area (TPSA) is 68.5 Å². The standard InChI is InChI=1S/C16H21N3O3S/c1-3-21-16(20)12-6-8-19(9-7-12)11(2)14-17-18-15(22-14)13-5-4-10-23-13/h4-5,10-12H,3,6-9H2,1-2H3. The highest BCUT2D eigenvalue weighted by Gasteiger charge is 2.30. The summed E-state index contributed by atoms with van der Waals surface area (Å²) in [5.41, 5.74) is 0. The van der Waals surface area contributed by atoms with Gasteiger partial charge in [-0.3, -0.25) is 9.69 Å². The Morgan fingerprint density at radius 1 is 1.48 bits per heavy atom.